The van der Waals surface area contributed by atoms with Gasteiger partial charge in [-0.1, -0.05) is 28.1 Å². The van der Waals surface area contributed by atoms with E-state index in [0.717, 1.165) is 10.0 Å². The molecule has 0 saturated heterocycles. The maximum Gasteiger partial charge on any atom is 0.292 e. The van der Waals surface area contributed by atoms with Crippen LogP contribution in [0.5, 0.6) is 0 Å². The van der Waals surface area contributed by atoms with E-state index in [2.05, 4.69) is 36.4 Å². The summed E-state index contributed by atoms with van der Waals surface area (Å²) in [5.74, 6) is 0. The highest BCUT2D eigenvalue weighted by Gasteiger charge is 2.11. The molecule has 22 heavy (non-hydrogen) atoms. The first kappa shape index (κ1) is 14.3. The summed E-state index contributed by atoms with van der Waals surface area (Å²) in [7, 11) is 0. The van der Waals surface area contributed by atoms with Gasteiger partial charge in [-0.3, -0.25) is 15.0 Å². The van der Waals surface area contributed by atoms with Crippen molar-refractivity contribution in [2.75, 3.05) is 5.73 Å². The number of azo groups is 1. The zero-order valence-electron chi connectivity index (χ0n) is 11.4. The minimum absolute atomic E-state index is 0.216. The topological polar surface area (TPSA) is 99.4 Å². The second kappa shape index (κ2) is 5.98. The number of nitrogen functional groups attached to an aromatic ring is 1. The van der Waals surface area contributed by atoms with Crippen molar-refractivity contribution in [2.24, 2.45) is 10.2 Å². The van der Waals surface area contributed by atoms with Gasteiger partial charge in [-0.15, -0.1) is 5.11 Å². The lowest BCUT2D eigenvalue weighted by Gasteiger charge is -2.00. The van der Waals surface area contributed by atoms with Gasteiger partial charge < -0.3 is 5.73 Å². The number of anilines is 1. The lowest BCUT2D eigenvalue weighted by atomic mass is 10.1. The Kier molecular flexibility index (Phi) is 3.88. The van der Waals surface area contributed by atoms with Crippen LogP contribution in [0.4, 0.5) is 17.1 Å². The van der Waals surface area contributed by atoms with Crippen molar-refractivity contribution in [3.05, 3.63) is 63.4 Å². The normalized spacial score (nSPS) is 11.1. The fourth-order valence-electron chi connectivity index (χ4n) is 1.97. The Morgan fingerprint density at radius 2 is 1.77 bits per heavy atom. The van der Waals surface area contributed by atoms with Crippen molar-refractivity contribution in [1.29, 1.82) is 0 Å². The van der Waals surface area contributed by atoms with Gasteiger partial charge in [0.2, 0.25) is 0 Å². The Hall–Kier alpha value is -2.67. The Bertz CT molecular complexity index is 879. The average molecular weight is 358 g/mol. The number of rotatable bonds is 3. The van der Waals surface area contributed by atoms with Crippen LogP contribution < -0.4 is 11.3 Å². The fraction of sp³-hybridized carbons (Fsp3) is 0. The molecular formula is C15H12BrN5O. The molecule has 0 spiro atoms. The average Bonchev–Trinajstić information content (AvgIpc) is 2.88. The summed E-state index contributed by atoms with van der Waals surface area (Å²) in [4.78, 5) is 11.9. The van der Waals surface area contributed by atoms with Gasteiger partial charge in [0.1, 0.15) is 0 Å². The molecule has 1 heterocycles. The van der Waals surface area contributed by atoms with Gasteiger partial charge in [-0.25, -0.2) is 0 Å². The molecule has 6 nitrogen and oxygen atoms in total. The molecule has 110 valence electrons. The minimum Gasteiger partial charge on any atom is -0.399 e. The van der Waals surface area contributed by atoms with Gasteiger partial charge in [0, 0.05) is 15.7 Å². The molecule has 0 radical (unpaired) electrons. The summed E-state index contributed by atoms with van der Waals surface area (Å²) >= 11 is 3.35. The highest BCUT2D eigenvalue weighted by molar-refractivity contribution is 9.10. The van der Waals surface area contributed by atoms with Crippen molar-refractivity contribution in [2.45, 2.75) is 0 Å². The molecule has 2 aromatic carbocycles. The second-order valence-corrected chi connectivity index (χ2v) is 5.52. The van der Waals surface area contributed by atoms with Crippen LogP contribution in [0.15, 0.2) is 68.0 Å². The summed E-state index contributed by atoms with van der Waals surface area (Å²) in [6, 6.07) is 14.5. The van der Waals surface area contributed by atoms with E-state index in [1.54, 1.807) is 24.3 Å². The minimum atomic E-state index is -0.335. The van der Waals surface area contributed by atoms with Gasteiger partial charge >= 0.3 is 0 Å². The monoisotopic (exact) mass is 357 g/mol. The number of hydrogen-bond acceptors (Lipinski definition) is 4. The Labute approximate surface area is 134 Å². The first-order valence-electron chi connectivity index (χ1n) is 6.47. The molecular weight excluding hydrogens is 346 g/mol. The number of aromatic amines is 2. The summed E-state index contributed by atoms with van der Waals surface area (Å²) in [5.41, 5.74) is 8.23. The SMILES string of the molecule is Nc1cccc(-c2[nH][nH]c(=O)c2N=Nc2ccc(Br)cc2)c1. The predicted octanol–water partition coefficient (Wildman–Crippen LogP) is 4.13. The molecule has 3 aromatic rings. The Morgan fingerprint density at radius 1 is 1.00 bits per heavy atom. The summed E-state index contributed by atoms with van der Waals surface area (Å²) in [5, 5.41) is 13.5. The molecule has 0 bridgehead atoms. The zero-order valence-corrected chi connectivity index (χ0v) is 13.0. The lowest BCUT2D eigenvalue weighted by Crippen LogP contribution is -1.96. The van der Waals surface area contributed by atoms with Crippen LogP contribution in [-0.4, -0.2) is 10.2 Å². The first-order valence-corrected chi connectivity index (χ1v) is 7.26. The number of halogens is 1. The van der Waals surface area contributed by atoms with Crippen molar-refractivity contribution < 1.29 is 0 Å². The third-order valence-corrected chi connectivity index (χ3v) is 3.55. The molecule has 0 saturated carbocycles. The summed E-state index contributed by atoms with van der Waals surface area (Å²) in [6.45, 7) is 0. The molecule has 1 aromatic heterocycles. The molecule has 4 N–H and O–H groups in total. The van der Waals surface area contributed by atoms with Crippen LogP contribution in [0.1, 0.15) is 0 Å². The fourth-order valence-corrected chi connectivity index (χ4v) is 2.23. The number of H-pyrrole nitrogens is 2. The Balaban J connectivity index is 1.99. The number of aromatic nitrogens is 2. The van der Waals surface area contributed by atoms with E-state index in [1.165, 1.54) is 0 Å². The van der Waals surface area contributed by atoms with Crippen LogP contribution in [0.25, 0.3) is 11.3 Å². The number of nitrogens with two attached hydrogens (primary N) is 1. The highest BCUT2D eigenvalue weighted by Crippen LogP contribution is 2.27. The largest absolute Gasteiger partial charge is 0.399 e. The molecule has 7 heteroatoms. The van der Waals surface area contributed by atoms with Crippen LogP contribution in [0.2, 0.25) is 0 Å². The first-order chi connectivity index (χ1) is 10.6. The molecule has 0 aliphatic heterocycles. The van der Waals surface area contributed by atoms with Gasteiger partial charge in [-0.05, 0) is 36.4 Å². The maximum absolute atomic E-state index is 11.9. The van der Waals surface area contributed by atoms with Crippen LogP contribution in [0, 0.1) is 0 Å². The van der Waals surface area contributed by atoms with Gasteiger partial charge in [0.15, 0.2) is 5.69 Å². The van der Waals surface area contributed by atoms with E-state index in [1.807, 2.05) is 24.3 Å². The highest BCUT2D eigenvalue weighted by atomic mass is 79.9. The molecule has 3 rings (SSSR count). The predicted molar refractivity (Wildman–Crippen MR) is 89.6 cm³/mol. The van der Waals surface area contributed by atoms with Crippen LogP contribution in [0.3, 0.4) is 0 Å². The van der Waals surface area contributed by atoms with Gasteiger partial charge in [0.25, 0.3) is 5.56 Å². The Morgan fingerprint density at radius 3 is 2.50 bits per heavy atom. The molecule has 0 unspecified atom stereocenters. The maximum atomic E-state index is 11.9. The van der Waals surface area contributed by atoms with E-state index >= 15 is 0 Å². The van der Waals surface area contributed by atoms with Crippen molar-refractivity contribution in [3.63, 3.8) is 0 Å². The van der Waals surface area contributed by atoms with E-state index in [-0.39, 0.29) is 11.2 Å². The second-order valence-electron chi connectivity index (χ2n) is 4.60. The van der Waals surface area contributed by atoms with Crippen LogP contribution in [-0.2, 0) is 0 Å². The third-order valence-electron chi connectivity index (χ3n) is 3.02. The lowest BCUT2D eigenvalue weighted by molar-refractivity contribution is 1.06. The van der Waals surface area contributed by atoms with E-state index in [9.17, 15) is 4.79 Å². The van der Waals surface area contributed by atoms with Crippen LogP contribution >= 0.6 is 15.9 Å². The number of benzene rings is 2. The summed E-state index contributed by atoms with van der Waals surface area (Å²) < 4.78 is 0.950. The smallest absolute Gasteiger partial charge is 0.292 e. The number of hydrogen-bond donors (Lipinski definition) is 3. The molecule has 0 aliphatic rings. The van der Waals surface area contributed by atoms with E-state index < -0.39 is 0 Å². The van der Waals surface area contributed by atoms with Crippen molar-refractivity contribution in [3.8, 4) is 11.3 Å². The number of nitrogens with zero attached hydrogens (tertiary/aromatic N) is 2. The zero-order chi connectivity index (χ0) is 15.5. The van der Waals surface area contributed by atoms with Gasteiger partial charge in [-0.2, -0.15) is 5.11 Å². The van der Waals surface area contributed by atoms with E-state index in [4.69, 9.17) is 5.73 Å². The summed E-state index contributed by atoms with van der Waals surface area (Å²) in [6.07, 6.45) is 0. The van der Waals surface area contributed by atoms with Crippen molar-refractivity contribution >= 4 is 33.0 Å². The van der Waals surface area contributed by atoms with Crippen molar-refractivity contribution in [1.82, 2.24) is 10.2 Å². The molecule has 0 amide bonds. The number of nitrogens with one attached hydrogen (secondary N) is 2. The quantitative estimate of drug-likeness (QED) is 0.484. The molecule has 0 aliphatic carbocycles. The standard InChI is InChI=1S/C15H12BrN5O/c16-10-4-6-12(7-5-10)18-20-14-13(19-21-15(14)22)9-2-1-3-11(17)8-9/h1-8H,17H2,(H2,19,21,22). The van der Waals surface area contributed by atoms with E-state index in [0.29, 0.717) is 17.1 Å². The molecule has 0 fully saturated rings. The van der Waals surface area contributed by atoms with Gasteiger partial charge in [0.05, 0.1) is 11.4 Å². The third kappa shape index (κ3) is 2.99. The molecule has 0 atom stereocenters.